The van der Waals surface area contributed by atoms with E-state index in [4.69, 9.17) is 4.52 Å². The lowest BCUT2D eigenvalue weighted by Gasteiger charge is -2.47. The Kier molecular flexibility index (Phi) is 7.84. The highest BCUT2D eigenvalue weighted by molar-refractivity contribution is 7.46. The van der Waals surface area contributed by atoms with Gasteiger partial charge in [-0.05, 0) is 31.2 Å². The number of nitrogens with one attached hydrogen (secondary N) is 1. The predicted molar refractivity (Wildman–Crippen MR) is 100 cm³/mol. The molecule has 3 N–H and O–H groups in total. The monoisotopic (exact) mass is 383 g/mol. The molecule has 1 atom stereocenters. The van der Waals surface area contributed by atoms with E-state index >= 15 is 0 Å². The summed E-state index contributed by atoms with van der Waals surface area (Å²) in [4.78, 5) is 31.1. The van der Waals surface area contributed by atoms with E-state index in [1.165, 1.54) is 6.42 Å². The van der Waals surface area contributed by atoms with Gasteiger partial charge in [-0.15, -0.1) is 0 Å². The Morgan fingerprint density at radius 3 is 2.38 bits per heavy atom. The molecule has 0 saturated heterocycles. The van der Waals surface area contributed by atoms with E-state index in [9.17, 15) is 19.1 Å². The van der Waals surface area contributed by atoms with Crippen molar-refractivity contribution in [1.29, 1.82) is 0 Å². The summed E-state index contributed by atoms with van der Waals surface area (Å²) in [6, 6.07) is 8.72. The van der Waals surface area contributed by atoms with Gasteiger partial charge in [0.15, 0.2) is 0 Å². The number of unbranched alkanes of at least 4 members (excludes halogenated alkanes) is 4. The molecule has 0 radical (unpaired) electrons. The van der Waals surface area contributed by atoms with Crippen molar-refractivity contribution in [3.05, 3.63) is 35.9 Å². The number of amides is 1. The highest BCUT2D eigenvalue weighted by Crippen LogP contribution is 2.54. The largest absolute Gasteiger partial charge is 0.470 e. The number of hydrogen-bond donors (Lipinski definition) is 3. The molecule has 0 aliphatic heterocycles. The molecule has 146 valence electrons. The van der Waals surface area contributed by atoms with Crippen LogP contribution < -0.4 is 5.32 Å². The average molecular weight is 383 g/mol. The van der Waals surface area contributed by atoms with E-state index in [0.717, 1.165) is 37.7 Å². The molecule has 0 bridgehead atoms. The summed E-state index contributed by atoms with van der Waals surface area (Å²) < 4.78 is 16.7. The molecule has 0 unspecified atom stereocenters. The number of benzene rings is 1. The zero-order chi connectivity index (χ0) is 19.0. The van der Waals surface area contributed by atoms with Gasteiger partial charge in [0.2, 0.25) is 5.91 Å². The standard InChI is InChI=1S/C19H30NO5P/c1-2-3-4-5-9-13-17(21)20-18(16-11-7-6-8-12-16)19(14-10-15-19)25-26(22,23)24/h6-8,11-12,18H,2-5,9-10,13-15H2,1H3,(H,20,21)(H2,22,23,24)/t18-/m0/s1. The van der Waals surface area contributed by atoms with Crippen molar-refractivity contribution in [2.24, 2.45) is 0 Å². The zero-order valence-corrected chi connectivity index (χ0v) is 16.3. The van der Waals surface area contributed by atoms with Crippen molar-refractivity contribution >= 4 is 13.7 Å². The van der Waals surface area contributed by atoms with E-state index in [0.29, 0.717) is 19.3 Å². The van der Waals surface area contributed by atoms with Crippen molar-refractivity contribution in [1.82, 2.24) is 5.32 Å². The molecule has 1 amide bonds. The zero-order valence-electron chi connectivity index (χ0n) is 15.4. The van der Waals surface area contributed by atoms with Crippen LogP contribution in [0.2, 0.25) is 0 Å². The quantitative estimate of drug-likeness (QED) is 0.392. The molecule has 1 aromatic rings. The summed E-state index contributed by atoms with van der Waals surface area (Å²) in [6.07, 6.45) is 7.54. The van der Waals surface area contributed by atoms with Crippen molar-refractivity contribution in [2.45, 2.75) is 76.4 Å². The van der Waals surface area contributed by atoms with Gasteiger partial charge in [-0.2, -0.15) is 0 Å². The van der Waals surface area contributed by atoms with Crippen molar-refractivity contribution in [2.75, 3.05) is 0 Å². The first kappa shape index (κ1) is 21.1. The average Bonchev–Trinajstić information content (AvgIpc) is 2.56. The summed E-state index contributed by atoms with van der Waals surface area (Å²) in [5.41, 5.74) is -0.238. The minimum atomic E-state index is -4.66. The summed E-state index contributed by atoms with van der Waals surface area (Å²) >= 11 is 0. The third kappa shape index (κ3) is 6.20. The Hall–Kier alpha value is -1.20. The Morgan fingerprint density at radius 1 is 1.19 bits per heavy atom. The molecule has 0 spiro atoms. The first-order valence-electron chi connectivity index (χ1n) is 9.47. The predicted octanol–water partition coefficient (Wildman–Crippen LogP) is 4.24. The fraction of sp³-hybridized carbons (Fsp3) is 0.632. The lowest BCUT2D eigenvalue weighted by Crippen LogP contribution is -2.52. The third-order valence-corrected chi connectivity index (χ3v) is 5.57. The third-order valence-electron chi connectivity index (χ3n) is 4.97. The maximum absolute atomic E-state index is 12.5. The smallest absolute Gasteiger partial charge is 0.346 e. The molecule has 2 rings (SSSR count). The lowest BCUT2D eigenvalue weighted by atomic mass is 9.72. The number of phosphoric ester groups is 1. The van der Waals surface area contributed by atoms with Crippen LogP contribution in [0, 0.1) is 0 Å². The van der Waals surface area contributed by atoms with Gasteiger partial charge in [-0.25, -0.2) is 4.57 Å². The lowest BCUT2D eigenvalue weighted by molar-refractivity contribution is -0.126. The first-order valence-corrected chi connectivity index (χ1v) is 11.0. The second-order valence-corrected chi connectivity index (χ2v) is 8.24. The molecule has 6 nitrogen and oxygen atoms in total. The Labute approximate surface area is 155 Å². The molecule has 0 aromatic heterocycles. The van der Waals surface area contributed by atoms with E-state index in [1.54, 1.807) is 0 Å². The minimum absolute atomic E-state index is 0.101. The Morgan fingerprint density at radius 2 is 1.85 bits per heavy atom. The summed E-state index contributed by atoms with van der Waals surface area (Å²) in [6.45, 7) is 2.15. The molecule has 1 saturated carbocycles. The van der Waals surface area contributed by atoms with Crippen LogP contribution in [0.5, 0.6) is 0 Å². The SMILES string of the molecule is CCCCCCCC(=O)N[C@@H](c1ccccc1)C1(OP(=O)(O)O)CCC1. The number of rotatable bonds is 11. The number of carbonyl (C=O) groups is 1. The van der Waals surface area contributed by atoms with E-state index < -0.39 is 19.5 Å². The van der Waals surface area contributed by atoms with Crippen molar-refractivity contribution in [3.8, 4) is 0 Å². The minimum Gasteiger partial charge on any atom is -0.346 e. The molecule has 0 heterocycles. The van der Waals surface area contributed by atoms with Gasteiger partial charge >= 0.3 is 7.82 Å². The summed E-state index contributed by atoms with van der Waals surface area (Å²) in [5, 5.41) is 2.98. The fourth-order valence-corrected chi connectivity index (χ4v) is 4.24. The van der Waals surface area contributed by atoms with Crippen molar-refractivity contribution < 1.29 is 23.7 Å². The van der Waals surface area contributed by atoms with Crippen LogP contribution in [0.3, 0.4) is 0 Å². The van der Waals surface area contributed by atoms with Crippen molar-refractivity contribution in [3.63, 3.8) is 0 Å². The van der Waals surface area contributed by atoms with Crippen LogP contribution in [0.1, 0.15) is 76.3 Å². The van der Waals surface area contributed by atoms with Gasteiger partial charge < -0.3 is 15.1 Å². The maximum Gasteiger partial charge on any atom is 0.470 e. The molecule has 7 heteroatoms. The Balaban J connectivity index is 2.07. The normalized spacial score (nSPS) is 17.3. The van der Waals surface area contributed by atoms with Crippen LogP contribution in [0.4, 0.5) is 0 Å². The maximum atomic E-state index is 12.5. The number of carbonyl (C=O) groups excluding carboxylic acids is 1. The molecule has 26 heavy (non-hydrogen) atoms. The molecule has 1 aromatic carbocycles. The van der Waals surface area contributed by atoms with Gasteiger partial charge in [-0.1, -0.05) is 62.9 Å². The number of phosphoric acid groups is 1. The fourth-order valence-electron chi connectivity index (χ4n) is 3.48. The summed E-state index contributed by atoms with van der Waals surface area (Å²) in [7, 11) is -4.66. The first-order chi connectivity index (χ1) is 12.4. The van der Waals surface area contributed by atoms with Gasteiger partial charge in [0.05, 0.1) is 6.04 Å². The second kappa shape index (κ2) is 9.65. The van der Waals surface area contributed by atoms with E-state index in [-0.39, 0.29) is 5.91 Å². The highest BCUT2D eigenvalue weighted by atomic mass is 31.2. The van der Waals surface area contributed by atoms with Gasteiger partial charge in [0.25, 0.3) is 0 Å². The number of hydrogen-bond acceptors (Lipinski definition) is 3. The topological polar surface area (TPSA) is 95.9 Å². The van der Waals surface area contributed by atoms with Crippen LogP contribution in [0.25, 0.3) is 0 Å². The second-order valence-electron chi connectivity index (χ2n) is 7.08. The van der Waals surface area contributed by atoms with E-state index in [2.05, 4.69) is 12.2 Å². The van der Waals surface area contributed by atoms with Gasteiger partial charge in [0, 0.05) is 6.42 Å². The van der Waals surface area contributed by atoms with Crippen LogP contribution in [-0.4, -0.2) is 21.3 Å². The van der Waals surface area contributed by atoms with Crippen LogP contribution in [0.15, 0.2) is 30.3 Å². The molecular weight excluding hydrogens is 353 g/mol. The molecule has 1 aliphatic carbocycles. The van der Waals surface area contributed by atoms with E-state index in [1.807, 2.05) is 30.3 Å². The van der Waals surface area contributed by atoms with Gasteiger partial charge in [0.1, 0.15) is 5.60 Å². The molecular formula is C19H30NO5P. The Bertz CT molecular complexity index is 612. The van der Waals surface area contributed by atoms with Gasteiger partial charge in [-0.3, -0.25) is 9.32 Å². The highest BCUT2D eigenvalue weighted by Gasteiger charge is 2.50. The molecule has 1 fully saturated rings. The molecule has 1 aliphatic rings. The van der Waals surface area contributed by atoms with Crippen LogP contribution in [-0.2, 0) is 13.9 Å². The van der Waals surface area contributed by atoms with Crippen LogP contribution >= 0.6 is 7.82 Å². The summed E-state index contributed by atoms with van der Waals surface area (Å²) in [5.74, 6) is -0.101.